The van der Waals surface area contributed by atoms with Crippen LogP contribution >= 0.6 is 35.0 Å². The number of carbonyl (C=O) groups excluding carboxylic acids is 1. The largest absolute Gasteiger partial charge is 0.341 e. The Morgan fingerprint density at radius 3 is 2.61 bits per heavy atom. The number of benzene rings is 2. The van der Waals surface area contributed by atoms with Crippen molar-refractivity contribution in [1.82, 2.24) is 14.8 Å². The molecule has 31 heavy (non-hydrogen) atoms. The number of amides is 1. The molecule has 1 aliphatic heterocycles. The van der Waals surface area contributed by atoms with E-state index in [1.54, 1.807) is 18.2 Å². The summed E-state index contributed by atoms with van der Waals surface area (Å²) in [4.78, 5) is 14.7. The van der Waals surface area contributed by atoms with Crippen LogP contribution < -0.4 is 10.2 Å². The standard InChI is InChI=1S/C21H18Cl2N6OS/c22-16-5-1-2-6-18(16)29-20(28-9-3-4-10-28)26-27-21(29)31-13-19(30)25-15-8-7-14(12-24)17(23)11-15/h1-2,5-8,11H,3-4,9-10,13H2,(H,25,30). The summed E-state index contributed by atoms with van der Waals surface area (Å²) in [6.45, 7) is 1.82. The molecule has 1 fully saturated rings. The van der Waals surface area contributed by atoms with Gasteiger partial charge in [-0.05, 0) is 43.2 Å². The number of aromatic nitrogens is 3. The Morgan fingerprint density at radius 2 is 1.90 bits per heavy atom. The smallest absolute Gasteiger partial charge is 0.234 e. The fourth-order valence-electron chi connectivity index (χ4n) is 3.33. The Bertz CT molecular complexity index is 1150. The molecule has 0 saturated carbocycles. The number of thioether (sulfide) groups is 1. The number of para-hydroxylation sites is 1. The monoisotopic (exact) mass is 472 g/mol. The molecule has 7 nitrogen and oxygen atoms in total. The maximum Gasteiger partial charge on any atom is 0.234 e. The van der Waals surface area contributed by atoms with Crippen LogP contribution in [-0.4, -0.2) is 39.5 Å². The summed E-state index contributed by atoms with van der Waals surface area (Å²) in [6, 6.07) is 14.3. The highest BCUT2D eigenvalue weighted by molar-refractivity contribution is 7.99. The molecule has 4 rings (SSSR count). The number of hydrogen-bond acceptors (Lipinski definition) is 6. The summed E-state index contributed by atoms with van der Waals surface area (Å²) in [6.07, 6.45) is 2.21. The Morgan fingerprint density at radius 1 is 1.13 bits per heavy atom. The van der Waals surface area contributed by atoms with Gasteiger partial charge < -0.3 is 10.2 Å². The van der Waals surface area contributed by atoms with Crippen LogP contribution in [0.4, 0.5) is 11.6 Å². The molecular weight excluding hydrogens is 455 g/mol. The van der Waals surface area contributed by atoms with Crippen molar-refractivity contribution < 1.29 is 4.79 Å². The van der Waals surface area contributed by atoms with Gasteiger partial charge in [0.25, 0.3) is 0 Å². The molecule has 10 heteroatoms. The molecule has 0 radical (unpaired) electrons. The fourth-order valence-corrected chi connectivity index (χ4v) is 4.52. The molecule has 0 aliphatic carbocycles. The van der Waals surface area contributed by atoms with Crippen molar-refractivity contribution in [3.63, 3.8) is 0 Å². The summed E-state index contributed by atoms with van der Waals surface area (Å²) >= 11 is 13.8. The number of rotatable bonds is 6. The zero-order valence-corrected chi connectivity index (χ0v) is 18.7. The first-order chi connectivity index (χ1) is 15.1. The molecule has 1 aliphatic rings. The van der Waals surface area contributed by atoms with E-state index in [4.69, 9.17) is 28.5 Å². The lowest BCUT2D eigenvalue weighted by molar-refractivity contribution is -0.113. The summed E-state index contributed by atoms with van der Waals surface area (Å²) in [5, 5.41) is 21.9. The van der Waals surface area contributed by atoms with Gasteiger partial charge in [-0.25, -0.2) is 0 Å². The minimum atomic E-state index is -0.220. The molecule has 0 atom stereocenters. The van der Waals surface area contributed by atoms with E-state index in [9.17, 15) is 4.79 Å². The van der Waals surface area contributed by atoms with Crippen LogP contribution in [-0.2, 0) is 4.79 Å². The maximum atomic E-state index is 12.5. The van der Waals surface area contributed by atoms with Crippen LogP contribution in [0.15, 0.2) is 47.6 Å². The van der Waals surface area contributed by atoms with E-state index >= 15 is 0 Å². The highest BCUT2D eigenvalue weighted by Gasteiger charge is 2.24. The molecule has 2 heterocycles. The zero-order chi connectivity index (χ0) is 21.8. The summed E-state index contributed by atoms with van der Waals surface area (Å²) in [5.41, 5.74) is 1.66. The Balaban J connectivity index is 1.53. The van der Waals surface area contributed by atoms with Crippen LogP contribution in [0.1, 0.15) is 18.4 Å². The van der Waals surface area contributed by atoms with E-state index in [0.29, 0.717) is 26.5 Å². The molecule has 1 aromatic heterocycles. The maximum absolute atomic E-state index is 12.5. The van der Waals surface area contributed by atoms with Gasteiger partial charge in [-0.15, -0.1) is 10.2 Å². The molecule has 0 spiro atoms. The first-order valence-electron chi connectivity index (χ1n) is 9.64. The van der Waals surface area contributed by atoms with Gasteiger partial charge in [0.15, 0.2) is 5.16 Å². The van der Waals surface area contributed by atoms with Gasteiger partial charge >= 0.3 is 0 Å². The van der Waals surface area contributed by atoms with Crippen LogP contribution in [0.25, 0.3) is 5.69 Å². The number of nitriles is 1. The predicted octanol–water partition coefficient (Wildman–Crippen LogP) is 4.78. The summed E-state index contributed by atoms with van der Waals surface area (Å²) < 4.78 is 1.91. The van der Waals surface area contributed by atoms with E-state index in [1.165, 1.54) is 11.8 Å². The number of hydrogen-bond donors (Lipinski definition) is 1. The van der Waals surface area contributed by atoms with Gasteiger partial charge in [0.1, 0.15) is 6.07 Å². The number of halogens is 2. The Kier molecular flexibility index (Phi) is 6.66. The molecule has 0 unspecified atom stereocenters. The quantitative estimate of drug-likeness (QED) is 0.519. The lowest BCUT2D eigenvalue weighted by atomic mass is 10.2. The van der Waals surface area contributed by atoms with Crippen molar-refractivity contribution in [2.45, 2.75) is 18.0 Å². The topological polar surface area (TPSA) is 86.8 Å². The van der Waals surface area contributed by atoms with E-state index in [0.717, 1.165) is 37.6 Å². The minimum absolute atomic E-state index is 0.125. The molecule has 1 N–H and O–H groups in total. The Hall–Kier alpha value is -2.73. The number of nitrogens with zero attached hydrogens (tertiary/aromatic N) is 5. The van der Waals surface area contributed by atoms with Crippen molar-refractivity contribution in [3.05, 3.63) is 58.1 Å². The molecular formula is C21H18Cl2N6OS. The number of carbonyl (C=O) groups is 1. The molecule has 1 amide bonds. The van der Waals surface area contributed by atoms with Crippen LogP contribution in [0.3, 0.4) is 0 Å². The van der Waals surface area contributed by atoms with Gasteiger partial charge in [-0.1, -0.05) is 47.1 Å². The second-order valence-corrected chi connectivity index (χ2v) is 8.66. The number of anilines is 2. The third kappa shape index (κ3) is 4.79. The molecule has 2 aromatic carbocycles. The first-order valence-corrected chi connectivity index (χ1v) is 11.4. The Labute approximate surface area is 194 Å². The minimum Gasteiger partial charge on any atom is -0.341 e. The second-order valence-electron chi connectivity index (χ2n) is 6.91. The average molecular weight is 473 g/mol. The molecule has 158 valence electrons. The SMILES string of the molecule is N#Cc1ccc(NC(=O)CSc2nnc(N3CCCC3)n2-c2ccccc2Cl)cc1Cl. The van der Waals surface area contributed by atoms with Crippen LogP contribution in [0.2, 0.25) is 10.0 Å². The van der Waals surface area contributed by atoms with Crippen molar-refractivity contribution in [2.24, 2.45) is 0 Å². The van der Waals surface area contributed by atoms with Gasteiger partial charge in [-0.3, -0.25) is 9.36 Å². The van der Waals surface area contributed by atoms with E-state index in [1.807, 2.05) is 34.9 Å². The summed E-state index contributed by atoms with van der Waals surface area (Å²) in [7, 11) is 0. The highest BCUT2D eigenvalue weighted by atomic mass is 35.5. The molecule has 0 bridgehead atoms. The van der Waals surface area contributed by atoms with Gasteiger partial charge in [0.2, 0.25) is 11.9 Å². The van der Waals surface area contributed by atoms with E-state index in [2.05, 4.69) is 20.4 Å². The third-order valence-electron chi connectivity index (χ3n) is 4.80. The molecule has 1 saturated heterocycles. The zero-order valence-electron chi connectivity index (χ0n) is 16.4. The van der Waals surface area contributed by atoms with Crippen molar-refractivity contribution >= 4 is 52.5 Å². The average Bonchev–Trinajstić information content (AvgIpc) is 3.42. The normalized spacial score (nSPS) is 13.3. The lowest BCUT2D eigenvalue weighted by Crippen LogP contribution is -2.22. The summed E-state index contributed by atoms with van der Waals surface area (Å²) in [5.74, 6) is 0.634. The van der Waals surface area contributed by atoms with E-state index in [-0.39, 0.29) is 11.7 Å². The van der Waals surface area contributed by atoms with Crippen LogP contribution in [0, 0.1) is 11.3 Å². The fraction of sp³-hybridized carbons (Fsp3) is 0.238. The highest BCUT2D eigenvalue weighted by Crippen LogP contribution is 2.32. The first kappa shape index (κ1) is 21.5. The van der Waals surface area contributed by atoms with Crippen molar-refractivity contribution in [3.8, 4) is 11.8 Å². The van der Waals surface area contributed by atoms with Gasteiger partial charge in [0, 0.05) is 18.8 Å². The van der Waals surface area contributed by atoms with Crippen molar-refractivity contribution in [1.29, 1.82) is 5.26 Å². The second kappa shape index (κ2) is 9.60. The lowest BCUT2D eigenvalue weighted by Gasteiger charge is -2.19. The van der Waals surface area contributed by atoms with Crippen molar-refractivity contribution in [2.75, 3.05) is 29.1 Å². The number of nitrogens with one attached hydrogen (secondary N) is 1. The van der Waals surface area contributed by atoms with Gasteiger partial charge in [-0.2, -0.15) is 5.26 Å². The predicted molar refractivity (Wildman–Crippen MR) is 123 cm³/mol. The van der Waals surface area contributed by atoms with E-state index < -0.39 is 0 Å². The third-order valence-corrected chi connectivity index (χ3v) is 6.37. The van der Waals surface area contributed by atoms with Gasteiger partial charge in [0.05, 0.1) is 27.0 Å². The van der Waals surface area contributed by atoms with Crippen LogP contribution in [0.5, 0.6) is 0 Å². The molecule has 3 aromatic rings.